The summed E-state index contributed by atoms with van der Waals surface area (Å²) in [5.74, 6) is 0.207. The number of thiazole rings is 1. The number of nitrogen functional groups attached to an aromatic ring is 1. The van der Waals surface area contributed by atoms with E-state index in [0.717, 1.165) is 16.0 Å². The topological polar surface area (TPSA) is 190 Å². The number of carboxylic acid groups (broad SMARTS) is 1. The van der Waals surface area contributed by atoms with E-state index >= 15 is 0 Å². The van der Waals surface area contributed by atoms with Gasteiger partial charge in [-0.3, -0.25) is 10.4 Å². The molecule has 1 unspecified atom stereocenters. The summed E-state index contributed by atoms with van der Waals surface area (Å²) in [6.07, 6.45) is 0.703. The molecule has 0 saturated heterocycles. The number of rotatable bonds is 8. The molecule has 0 spiro atoms. The Kier molecular flexibility index (Phi) is 6.70. The molecule has 196 valence electrons. The van der Waals surface area contributed by atoms with E-state index in [0.29, 0.717) is 53.7 Å². The van der Waals surface area contributed by atoms with Gasteiger partial charge in [0.05, 0.1) is 25.8 Å². The maximum Gasteiger partial charge on any atom is 0.349 e. The zero-order chi connectivity index (χ0) is 26.8. The van der Waals surface area contributed by atoms with E-state index in [-0.39, 0.29) is 22.4 Å². The summed E-state index contributed by atoms with van der Waals surface area (Å²) in [6, 6.07) is 9.62. The molecule has 0 bridgehead atoms. The molecule has 0 fully saturated rings. The lowest BCUT2D eigenvalue weighted by Gasteiger charge is -2.21. The summed E-state index contributed by atoms with van der Waals surface area (Å²) in [6.45, 7) is 0.932. The number of aromatic carboxylic acids is 1. The highest BCUT2D eigenvalue weighted by Gasteiger charge is 2.27. The average molecular weight is 538 g/mol. The van der Waals surface area contributed by atoms with Crippen LogP contribution < -0.4 is 31.0 Å². The van der Waals surface area contributed by atoms with Gasteiger partial charge in [-0.15, -0.1) is 16.4 Å². The molecule has 5 rings (SSSR count). The molecule has 1 aliphatic heterocycles. The number of aromatic amines is 1. The number of carboxylic acids is 1. The normalized spacial score (nSPS) is 13.4. The third-order valence-corrected chi connectivity index (χ3v) is 6.55. The number of hydrogen-bond acceptors (Lipinski definition) is 10. The number of aromatic nitrogens is 4. The number of H-pyrrole nitrogens is 1. The fourth-order valence-corrected chi connectivity index (χ4v) is 4.56. The van der Waals surface area contributed by atoms with Gasteiger partial charge in [-0.05, 0) is 42.0 Å². The third-order valence-electron chi connectivity index (χ3n) is 5.75. The third kappa shape index (κ3) is 4.76. The highest BCUT2D eigenvalue weighted by molar-refractivity contribution is 7.12. The number of nitrogens with one attached hydrogen (secondary N) is 3. The number of carbonyl (C=O) groups is 1. The van der Waals surface area contributed by atoms with Crippen LogP contribution in [0.25, 0.3) is 5.82 Å². The number of nitrogens with two attached hydrogens (primary N) is 1. The highest BCUT2D eigenvalue weighted by atomic mass is 32.1. The van der Waals surface area contributed by atoms with E-state index < -0.39 is 17.7 Å². The van der Waals surface area contributed by atoms with Crippen molar-refractivity contribution in [3.63, 3.8) is 0 Å². The lowest BCUT2D eigenvalue weighted by atomic mass is 10.0. The number of benzene rings is 2. The van der Waals surface area contributed by atoms with Crippen molar-refractivity contribution in [3.8, 4) is 23.1 Å². The number of anilines is 1. The number of nitrogens with zero attached hydrogens (tertiary/aromatic N) is 3. The van der Waals surface area contributed by atoms with Gasteiger partial charge in [-0.1, -0.05) is 0 Å². The molecule has 38 heavy (non-hydrogen) atoms. The quantitative estimate of drug-likeness (QED) is 0.165. The summed E-state index contributed by atoms with van der Waals surface area (Å²) in [7, 11) is 1.52. The fourth-order valence-electron chi connectivity index (χ4n) is 3.95. The van der Waals surface area contributed by atoms with Crippen LogP contribution in [0.1, 0.15) is 39.1 Å². The molecular formula is C24H23N7O6S. The van der Waals surface area contributed by atoms with E-state index in [1.54, 1.807) is 36.4 Å². The van der Waals surface area contributed by atoms with Gasteiger partial charge in [0, 0.05) is 17.7 Å². The van der Waals surface area contributed by atoms with Gasteiger partial charge < -0.3 is 30.4 Å². The molecule has 2 aromatic heterocycles. The maximum atomic E-state index is 12.9. The number of ether oxygens (including phenoxy) is 3. The minimum Gasteiger partial charge on any atom is -0.493 e. The zero-order valence-corrected chi connectivity index (χ0v) is 20.9. The standard InChI is InChI=1S/C24H23N7O6S/c1-35-15-9-13(10-16-18(15)37-8-2-7-36-16)17(28-14-5-3-12(4-6-14)20(25)26)21-29-24(34)31(30-21)22-19(23(32)33)38-11-27-22/h3-6,9-11,17,28H,2,7-8H2,1H3,(H3,25,26)(H,32,33)(H,29,30,34). The smallest absolute Gasteiger partial charge is 0.349 e. The summed E-state index contributed by atoms with van der Waals surface area (Å²) < 4.78 is 18.2. The van der Waals surface area contributed by atoms with Crippen LogP contribution in [0.5, 0.6) is 17.2 Å². The van der Waals surface area contributed by atoms with Gasteiger partial charge >= 0.3 is 11.7 Å². The molecule has 0 amide bonds. The molecule has 13 nitrogen and oxygen atoms in total. The monoisotopic (exact) mass is 537 g/mol. The van der Waals surface area contributed by atoms with Crippen LogP contribution in [-0.4, -0.2) is 57.0 Å². The molecule has 0 saturated carbocycles. The van der Waals surface area contributed by atoms with Crippen molar-refractivity contribution in [1.29, 1.82) is 5.41 Å². The number of hydrogen-bond donors (Lipinski definition) is 5. The fraction of sp³-hybridized carbons (Fsp3) is 0.208. The van der Waals surface area contributed by atoms with Gasteiger partial charge in [-0.25, -0.2) is 14.6 Å². The van der Waals surface area contributed by atoms with Crippen molar-refractivity contribution < 1.29 is 24.1 Å². The molecule has 1 aliphatic rings. The second-order valence-electron chi connectivity index (χ2n) is 8.21. The first-order valence-corrected chi connectivity index (χ1v) is 12.3. The molecule has 1 atom stereocenters. The van der Waals surface area contributed by atoms with E-state index in [1.165, 1.54) is 12.6 Å². The highest BCUT2D eigenvalue weighted by Crippen LogP contribution is 2.42. The summed E-state index contributed by atoms with van der Waals surface area (Å²) >= 11 is 0.889. The molecule has 0 aliphatic carbocycles. The van der Waals surface area contributed by atoms with Crippen molar-refractivity contribution >= 4 is 28.8 Å². The first-order chi connectivity index (χ1) is 18.4. The molecular weight excluding hydrogens is 514 g/mol. The molecule has 6 N–H and O–H groups in total. The zero-order valence-electron chi connectivity index (χ0n) is 20.1. The van der Waals surface area contributed by atoms with Crippen molar-refractivity contribution in [3.05, 3.63) is 74.2 Å². The van der Waals surface area contributed by atoms with E-state index in [2.05, 4.69) is 20.4 Å². The molecule has 14 heteroatoms. The van der Waals surface area contributed by atoms with Gasteiger partial charge in [-0.2, -0.15) is 4.68 Å². The van der Waals surface area contributed by atoms with Gasteiger partial charge in [0.15, 0.2) is 28.0 Å². The Labute approximate surface area is 219 Å². The Morgan fingerprint density at radius 2 is 2.05 bits per heavy atom. The first kappa shape index (κ1) is 24.8. The Hall–Kier alpha value is -4.85. The number of methoxy groups -OCH3 is 1. The first-order valence-electron chi connectivity index (χ1n) is 11.4. The maximum absolute atomic E-state index is 12.9. The molecule has 2 aromatic carbocycles. The Bertz CT molecular complexity index is 1560. The second kappa shape index (κ2) is 10.3. The number of amidine groups is 1. The molecule has 4 aromatic rings. The predicted molar refractivity (Wildman–Crippen MR) is 138 cm³/mol. The van der Waals surface area contributed by atoms with Crippen LogP contribution in [0.3, 0.4) is 0 Å². The van der Waals surface area contributed by atoms with E-state index in [4.69, 9.17) is 25.4 Å². The largest absolute Gasteiger partial charge is 0.493 e. The summed E-state index contributed by atoms with van der Waals surface area (Å²) in [5.41, 5.74) is 8.07. The van der Waals surface area contributed by atoms with Crippen LogP contribution in [0, 0.1) is 5.41 Å². The van der Waals surface area contributed by atoms with Crippen LogP contribution in [-0.2, 0) is 0 Å². The SMILES string of the molecule is COc1cc(C(Nc2ccc(C(=N)N)cc2)c2nn(-c3ncsc3C(=O)O)c(=O)[nH]2)cc2c1OCCCO2. The lowest BCUT2D eigenvalue weighted by molar-refractivity contribution is 0.0701. The van der Waals surface area contributed by atoms with Crippen molar-refractivity contribution in [1.82, 2.24) is 19.7 Å². The van der Waals surface area contributed by atoms with Crippen molar-refractivity contribution in [2.45, 2.75) is 12.5 Å². The molecule has 3 heterocycles. The van der Waals surface area contributed by atoms with Gasteiger partial charge in [0.25, 0.3) is 0 Å². The van der Waals surface area contributed by atoms with Crippen LogP contribution in [0.15, 0.2) is 46.7 Å². The Balaban J connectivity index is 1.62. The van der Waals surface area contributed by atoms with E-state index in [9.17, 15) is 14.7 Å². The van der Waals surface area contributed by atoms with Gasteiger partial charge in [0.1, 0.15) is 11.9 Å². The average Bonchev–Trinajstić information content (AvgIpc) is 3.46. The molecule has 0 radical (unpaired) electrons. The summed E-state index contributed by atoms with van der Waals surface area (Å²) in [5, 5.41) is 24.9. The van der Waals surface area contributed by atoms with Crippen LogP contribution in [0.4, 0.5) is 5.69 Å². The second-order valence-corrected chi connectivity index (χ2v) is 9.06. The van der Waals surface area contributed by atoms with Gasteiger partial charge in [0.2, 0.25) is 5.75 Å². The minimum atomic E-state index is -1.22. The number of fused-ring (bicyclic) bond motifs is 1. The van der Waals surface area contributed by atoms with Crippen molar-refractivity contribution in [2.75, 3.05) is 25.6 Å². The van der Waals surface area contributed by atoms with E-state index in [1.807, 2.05) is 0 Å². The Morgan fingerprint density at radius 3 is 2.76 bits per heavy atom. The Morgan fingerprint density at radius 1 is 1.29 bits per heavy atom. The lowest BCUT2D eigenvalue weighted by Crippen LogP contribution is -2.18. The van der Waals surface area contributed by atoms with Crippen LogP contribution >= 0.6 is 11.3 Å². The van der Waals surface area contributed by atoms with Crippen molar-refractivity contribution in [2.24, 2.45) is 5.73 Å². The predicted octanol–water partition coefficient (Wildman–Crippen LogP) is 2.37. The summed E-state index contributed by atoms with van der Waals surface area (Å²) in [4.78, 5) is 31.2. The minimum absolute atomic E-state index is 0.0682. The van der Waals surface area contributed by atoms with Crippen LogP contribution in [0.2, 0.25) is 0 Å².